The summed E-state index contributed by atoms with van der Waals surface area (Å²) in [6.45, 7) is 0. The second kappa shape index (κ2) is 4.77. The summed E-state index contributed by atoms with van der Waals surface area (Å²) in [4.78, 5) is 0.119. The van der Waals surface area contributed by atoms with Gasteiger partial charge in [0.1, 0.15) is 0 Å². The van der Waals surface area contributed by atoms with E-state index in [4.69, 9.17) is 5.73 Å². The van der Waals surface area contributed by atoms with E-state index in [1.807, 2.05) is 0 Å². The molecule has 2 rings (SSSR count). The summed E-state index contributed by atoms with van der Waals surface area (Å²) in [5.41, 5.74) is 5.99. The van der Waals surface area contributed by atoms with E-state index < -0.39 is 25.9 Å². The zero-order valence-electron chi connectivity index (χ0n) is 10.5. The standard InChI is InChI=1S/C11H16N2O4S2/c1-13(10-6-7-18(14,15)8-10)19(16,17)11-4-2-9(12)3-5-11/h2-5,10H,6-8,12H2,1H3. The lowest BCUT2D eigenvalue weighted by atomic mass is 10.3. The van der Waals surface area contributed by atoms with Crippen molar-refractivity contribution in [2.45, 2.75) is 17.4 Å². The monoisotopic (exact) mass is 304 g/mol. The lowest BCUT2D eigenvalue weighted by molar-refractivity contribution is 0.394. The maximum Gasteiger partial charge on any atom is 0.243 e. The van der Waals surface area contributed by atoms with Gasteiger partial charge in [-0.15, -0.1) is 0 Å². The number of sulfone groups is 1. The molecule has 0 aromatic heterocycles. The summed E-state index contributed by atoms with van der Waals surface area (Å²) in [6.07, 6.45) is 0.340. The maximum atomic E-state index is 12.3. The molecule has 1 aromatic carbocycles. The fourth-order valence-electron chi connectivity index (χ4n) is 2.06. The highest BCUT2D eigenvalue weighted by Crippen LogP contribution is 2.23. The molecule has 19 heavy (non-hydrogen) atoms. The minimum atomic E-state index is -3.68. The number of rotatable bonds is 3. The van der Waals surface area contributed by atoms with Crippen molar-refractivity contribution in [3.05, 3.63) is 24.3 Å². The summed E-state index contributed by atoms with van der Waals surface area (Å²) in [5, 5.41) is 0. The molecule has 0 amide bonds. The molecule has 1 heterocycles. The van der Waals surface area contributed by atoms with E-state index in [1.54, 1.807) is 0 Å². The minimum Gasteiger partial charge on any atom is -0.399 e. The predicted octanol–water partition coefficient (Wildman–Crippen LogP) is 0.0764. The largest absolute Gasteiger partial charge is 0.399 e. The van der Waals surface area contributed by atoms with Crippen molar-refractivity contribution < 1.29 is 16.8 Å². The second-order valence-electron chi connectivity index (χ2n) is 4.65. The van der Waals surface area contributed by atoms with Gasteiger partial charge in [0.15, 0.2) is 9.84 Å². The van der Waals surface area contributed by atoms with Gasteiger partial charge in [0.05, 0.1) is 16.4 Å². The molecule has 0 spiro atoms. The van der Waals surface area contributed by atoms with Gasteiger partial charge in [-0.25, -0.2) is 16.8 Å². The van der Waals surface area contributed by atoms with Gasteiger partial charge in [-0.3, -0.25) is 0 Å². The van der Waals surface area contributed by atoms with E-state index in [-0.39, 0.29) is 16.4 Å². The lowest BCUT2D eigenvalue weighted by Crippen LogP contribution is -2.37. The number of benzene rings is 1. The minimum absolute atomic E-state index is 0.0409. The Kier molecular flexibility index (Phi) is 3.59. The molecule has 0 saturated carbocycles. The van der Waals surface area contributed by atoms with Crippen molar-refractivity contribution in [3.63, 3.8) is 0 Å². The van der Waals surface area contributed by atoms with Crippen molar-refractivity contribution >= 4 is 25.5 Å². The summed E-state index contributed by atoms with van der Waals surface area (Å²) < 4.78 is 48.6. The highest BCUT2D eigenvalue weighted by molar-refractivity contribution is 7.92. The van der Waals surface area contributed by atoms with Crippen LogP contribution in [-0.4, -0.2) is 45.7 Å². The van der Waals surface area contributed by atoms with Crippen LogP contribution in [0.2, 0.25) is 0 Å². The normalized spacial score (nSPS) is 22.7. The second-order valence-corrected chi connectivity index (χ2v) is 8.87. The first-order valence-electron chi connectivity index (χ1n) is 5.76. The zero-order chi connectivity index (χ0) is 14.3. The number of hydrogen-bond acceptors (Lipinski definition) is 5. The molecule has 1 aliphatic rings. The van der Waals surface area contributed by atoms with Gasteiger partial charge in [-0.1, -0.05) is 0 Å². The smallest absolute Gasteiger partial charge is 0.243 e. The molecule has 1 atom stereocenters. The summed E-state index contributed by atoms with van der Waals surface area (Å²) in [7, 11) is -5.38. The molecular formula is C11H16N2O4S2. The summed E-state index contributed by atoms with van der Waals surface area (Å²) >= 11 is 0. The third-order valence-corrected chi connectivity index (χ3v) is 6.95. The van der Waals surface area contributed by atoms with Crippen molar-refractivity contribution in [1.29, 1.82) is 0 Å². The van der Waals surface area contributed by atoms with E-state index in [9.17, 15) is 16.8 Å². The Morgan fingerprint density at radius 3 is 2.32 bits per heavy atom. The zero-order valence-corrected chi connectivity index (χ0v) is 12.1. The highest BCUT2D eigenvalue weighted by Gasteiger charge is 2.36. The Morgan fingerprint density at radius 2 is 1.84 bits per heavy atom. The first-order valence-corrected chi connectivity index (χ1v) is 9.02. The topological polar surface area (TPSA) is 97.5 Å². The highest BCUT2D eigenvalue weighted by atomic mass is 32.2. The molecule has 0 bridgehead atoms. The van der Waals surface area contributed by atoms with Gasteiger partial charge in [0.2, 0.25) is 10.0 Å². The van der Waals surface area contributed by atoms with Crippen molar-refractivity contribution in [3.8, 4) is 0 Å². The average molecular weight is 304 g/mol. The van der Waals surface area contributed by atoms with Gasteiger partial charge < -0.3 is 5.73 Å². The molecule has 0 aliphatic carbocycles. The SMILES string of the molecule is CN(C1CCS(=O)(=O)C1)S(=O)(=O)c1ccc(N)cc1. The molecule has 8 heteroatoms. The number of sulfonamides is 1. The van der Waals surface area contributed by atoms with E-state index in [0.29, 0.717) is 12.1 Å². The van der Waals surface area contributed by atoms with Gasteiger partial charge in [-0.2, -0.15) is 4.31 Å². The van der Waals surface area contributed by atoms with Gasteiger partial charge in [-0.05, 0) is 30.7 Å². The molecule has 1 aliphatic heterocycles. The van der Waals surface area contributed by atoms with Crippen molar-refractivity contribution in [2.75, 3.05) is 24.3 Å². The molecule has 1 unspecified atom stereocenters. The van der Waals surface area contributed by atoms with Crippen LogP contribution >= 0.6 is 0 Å². The van der Waals surface area contributed by atoms with E-state index in [0.717, 1.165) is 4.31 Å². The molecule has 1 fully saturated rings. The van der Waals surface area contributed by atoms with Crippen LogP contribution in [0.3, 0.4) is 0 Å². The van der Waals surface area contributed by atoms with Crippen LogP contribution in [0.15, 0.2) is 29.2 Å². The Hall–Kier alpha value is -1.12. The van der Waals surface area contributed by atoms with Crippen molar-refractivity contribution in [1.82, 2.24) is 4.31 Å². The van der Waals surface area contributed by atoms with E-state index in [1.165, 1.54) is 31.3 Å². The first-order chi connectivity index (χ1) is 8.72. The van der Waals surface area contributed by atoms with Crippen LogP contribution in [0.5, 0.6) is 0 Å². The quantitative estimate of drug-likeness (QED) is 0.797. The van der Waals surface area contributed by atoms with Crippen LogP contribution in [0.1, 0.15) is 6.42 Å². The maximum absolute atomic E-state index is 12.3. The number of nitrogen functional groups attached to an aromatic ring is 1. The Balaban J connectivity index is 2.27. The predicted molar refractivity (Wildman–Crippen MR) is 72.9 cm³/mol. The summed E-state index contributed by atoms with van der Waals surface area (Å²) in [5.74, 6) is -0.0725. The third-order valence-electron chi connectivity index (χ3n) is 3.28. The fraction of sp³-hybridized carbons (Fsp3) is 0.455. The van der Waals surface area contributed by atoms with Gasteiger partial charge >= 0.3 is 0 Å². The molecule has 1 saturated heterocycles. The lowest BCUT2D eigenvalue weighted by Gasteiger charge is -2.22. The number of nitrogens with two attached hydrogens (primary N) is 1. The first kappa shape index (κ1) is 14.3. The van der Waals surface area contributed by atoms with Crippen molar-refractivity contribution in [2.24, 2.45) is 0 Å². The van der Waals surface area contributed by atoms with Crippen LogP contribution in [0.25, 0.3) is 0 Å². The van der Waals surface area contributed by atoms with E-state index >= 15 is 0 Å². The number of anilines is 1. The molecule has 106 valence electrons. The molecular weight excluding hydrogens is 288 g/mol. The van der Waals surface area contributed by atoms with Crippen LogP contribution in [0, 0.1) is 0 Å². The van der Waals surface area contributed by atoms with Crippen LogP contribution < -0.4 is 5.73 Å². The van der Waals surface area contributed by atoms with E-state index in [2.05, 4.69) is 0 Å². The fourth-order valence-corrected chi connectivity index (χ4v) is 5.32. The van der Waals surface area contributed by atoms with Crippen LogP contribution in [0.4, 0.5) is 5.69 Å². The Bertz CT molecular complexity index is 665. The molecule has 2 N–H and O–H groups in total. The molecule has 0 radical (unpaired) electrons. The number of nitrogens with zero attached hydrogens (tertiary/aromatic N) is 1. The summed E-state index contributed by atoms with van der Waals surface area (Å²) in [6, 6.07) is 5.36. The molecule has 1 aromatic rings. The van der Waals surface area contributed by atoms with Gasteiger partial charge in [0.25, 0.3) is 0 Å². The average Bonchev–Trinajstić information content (AvgIpc) is 2.69. The van der Waals surface area contributed by atoms with Crippen LogP contribution in [-0.2, 0) is 19.9 Å². The molecule has 6 nitrogen and oxygen atoms in total. The Labute approximate surface area is 113 Å². The van der Waals surface area contributed by atoms with Gasteiger partial charge in [0, 0.05) is 18.8 Å². The number of hydrogen-bond donors (Lipinski definition) is 1. The Morgan fingerprint density at radius 1 is 1.26 bits per heavy atom. The third kappa shape index (κ3) is 2.90.